The van der Waals surface area contributed by atoms with Gasteiger partial charge in [-0.3, -0.25) is 0 Å². The first-order valence-electron chi connectivity index (χ1n) is 5.44. The summed E-state index contributed by atoms with van der Waals surface area (Å²) < 4.78 is 5.55. The third-order valence-electron chi connectivity index (χ3n) is 1.98. The number of hydrogen-bond donors (Lipinski definition) is 1. The molecule has 0 heterocycles. The maximum atomic E-state index is 10.4. The van der Waals surface area contributed by atoms with Crippen LogP contribution in [0.5, 0.6) is 5.75 Å². The molecular weight excluding hydrogens is 236 g/mol. The molecular formula is C13H16O3S. The number of aliphatic carboxylic acids is 1. The van der Waals surface area contributed by atoms with E-state index in [4.69, 9.17) is 9.84 Å². The molecule has 0 aromatic heterocycles. The molecule has 0 aliphatic carbocycles. The largest absolute Gasteiger partial charge is 0.493 e. The van der Waals surface area contributed by atoms with Crippen LogP contribution in [0.1, 0.15) is 12.5 Å². The molecule has 0 radical (unpaired) electrons. The molecule has 3 nitrogen and oxygen atoms in total. The van der Waals surface area contributed by atoms with Crippen LogP contribution in [0.15, 0.2) is 30.3 Å². The van der Waals surface area contributed by atoms with Gasteiger partial charge in [-0.05, 0) is 29.5 Å². The zero-order valence-corrected chi connectivity index (χ0v) is 10.6. The van der Waals surface area contributed by atoms with E-state index in [-0.39, 0.29) is 0 Å². The lowest BCUT2D eigenvalue weighted by Crippen LogP contribution is -2.00. The Morgan fingerprint density at radius 2 is 2.35 bits per heavy atom. The monoisotopic (exact) mass is 252 g/mol. The third-order valence-corrected chi connectivity index (χ3v) is 2.84. The highest BCUT2D eigenvalue weighted by atomic mass is 32.2. The summed E-state index contributed by atoms with van der Waals surface area (Å²) in [4.78, 5) is 10.4. The molecule has 1 N–H and O–H groups in total. The smallest absolute Gasteiger partial charge is 0.328 e. The molecule has 4 heteroatoms. The summed E-state index contributed by atoms with van der Waals surface area (Å²) in [7, 11) is 0. The molecule has 0 aliphatic rings. The van der Waals surface area contributed by atoms with Crippen molar-refractivity contribution >= 4 is 23.8 Å². The van der Waals surface area contributed by atoms with Gasteiger partial charge in [0.1, 0.15) is 5.75 Å². The van der Waals surface area contributed by atoms with Crippen LogP contribution >= 0.6 is 11.8 Å². The van der Waals surface area contributed by atoms with E-state index in [1.165, 1.54) is 0 Å². The molecule has 0 unspecified atom stereocenters. The molecule has 1 aromatic rings. The van der Waals surface area contributed by atoms with Crippen LogP contribution in [0.3, 0.4) is 0 Å². The number of hydrogen-bond acceptors (Lipinski definition) is 3. The standard InChI is InChI=1S/C13H16O3S/c1-2-17-9-8-16-12-5-3-4-11(10-12)6-7-13(14)15/h3-7,10H,2,8-9H2,1H3,(H,14,15). The summed E-state index contributed by atoms with van der Waals surface area (Å²) in [5.41, 5.74) is 0.827. The molecule has 1 aromatic carbocycles. The average Bonchev–Trinajstić information content (AvgIpc) is 2.33. The van der Waals surface area contributed by atoms with Crippen LogP contribution < -0.4 is 4.74 Å². The Hall–Kier alpha value is -1.42. The summed E-state index contributed by atoms with van der Waals surface area (Å²) in [6, 6.07) is 7.39. The quantitative estimate of drug-likeness (QED) is 0.598. The molecule has 0 spiro atoms. The van der Waals surface area contributed by atoms with E-state index in [2.05, 4.69) is 6.92 Å². The molecule has 0 amide bonds. The minimum absolute atomic E-state index is 0.671. The van der Waals surface area contributed by atoms with E-state index in [0.29, 0.717) is 6.61 Å². The molecule has 0 atom stereocenters. The highest BCUT2D eigenvalue weighted by Gasteiger charge is 1.95. The number of carbonyl (C=O) groups is 1. The van der Waals surface area contributed by atoms with E-state index >= 15 is 0 Å². The Morgan fingerprint density at radius 3 is 3.06 bits per heavy atom. The number of benzene rings is 1. The Morgan fingerprint density at radius 1 is 1.53 bits per heavy atom. The van der Waals surface area contributed by atoms with E-state index in [1.807, 2.05) is 36.0 Å². The zero-order valence-electron chi connectivity index (χ0n) is 9.76. The van der Waals surface area contributed by atoms with Crippen LogP contribution in [-0.2, 0) is 4.79 Å². The fourth-order valence-electron chi connectivity index (χ4n) is 1.24. The van der Waals surface area contributed by atoms with Gasteiger partial charge >= 0.3 is 5.97 Å². The lowest BCUT2D eigenvalue weighted by atomic mass is 10.2. The number of rotatable bonds is 7. The van der Waals surface area contributed by atoms with Crippen molar-refractivity contribution in [3.63, 3.8) is 0 Å². The Bertz CT molecular complexity index is 388. The first kappa shape index (κ1) is 13.6. The van der Waals surface area contributed by atoms with Crippen LogP contribution in [-0.4, -0.2) is 29.2 Å². The molecule has 1 rings (SSSR count). The molecule has 17 heavy (non-hydrogen) atoms. The lowest BCUT2D eigenvalue weighted by Gasteiger charge is -2.05. The van der Waals surface area contributed by atoms with Gasteiger partial charge in [-0.25, -0.2) is 4.79 Å². The summed E-state index contributed by atoms with van der Waals surface area (Å²) >= 11 is 1.83. The fraction of sp³-hybridized carbons (Fsp3) is 0.308. The van der Waals surface area contributed by atoms with Gasteiger partial charge in [0, 0.05) is 11.8 Å². The van der Waals surface area contributed by atoms with E-state index in [1.54, 1.807) is 6.08 Å². The predicted molar refractivity (Wildman–Crippen MR) is 71.6 cm³/mol. The normalized spacial score (nSPS) is 10.6. The summed E-state index contributed by atoms with van der Waals surface area (Å²) in [5.74, 6) is 1.88. The summed E-state index contributed by atoms with van der Waals surface area (Å²) in [6.45, 7) is 2.78. The summed E-state index contributed by atoms with van der Waals surface area (Å²) in [5, 5.41) is 8.52. The second kappa shape index (κ2) is 7.79. The van der Waals surface area contributed by atoms with Crippen molar-refractivity contribution in [2.45, 2.75) is 6.92 Å². The maximum Gasteiger partial charge on any atom is 0.328 e. The lowest BCUT2D eigenvalue weighted by molar-refractivity contribution is -0.131. The molecule has 0 aliphatic heterocycles. The van der Waals surface area contributed by atoms with Crippen molar-refractivity contribution in [1.29, 1.82) is 0 Å². The molecule has 0 saturated heterocycles. The number of carboxylic acids is 1. The minimum Gasteiger partial charge on any atom is -0.493 e. The van der Waals surface area contributed by atoms with Crippen molar-refractivity contribution in [3.8, 4) is 5.75 Å². The van der Waals surface area contributed by atoms with E-state index in [0.717, 1.165) is 28.9 Å². The topological polar surface area (TPSA) is 46.5 Å². The van der Waals surface area contributed by atoms with E-state index in [9.17, 15) is 4.79 Å². The van der Waals surface area contributed by atoms with Gasteiger partial charge < -0.3 is 9.84 Å². The van der Waals surface area contributed by atoms with Gasteiger partial charge in [-0.1, -0.05) is 19.1 Å². The number of carboxylic acid groups (broad SMARTS) is 1. The highest BCUT2D eigenvalue weighted by Crippen LogP contribution is 2.14. The minimum atomic E-state index is -0.948. The van der Waals surface area contributed by atoms with Crippen molar-refractivity contribution in [2.75, 3.05) is 18.1 Å². The average molecular weight is 252 g/mol. The van der Waals surface area contributed by atoms with Gasteiger partial charge in [0.05, 0.1) is 6.61 Å². The Labute approximate surface area is 105 Å². The van der Waals surface area contributed by atoms with Crippen LogP contribution in [0.2, 0.25) is 0 Å². The maximum absolute atomic E-state index is 10.4. The van der Waals surface area contributed by atoms with Gasteiger partial charge in [-0.15, -0.1) is 0 Å². The molecule has 0 saturated carbocycles. The second-order valence-corrected chi connectivity index (χ2v) is 4.68. The second-order valence-electron chi connectivity index (χ2n) is 3.29. The summed E-state index contributed by atoms with van der Waals surface area (Å²) in [6.07, 6.45) is 2.67. The van der Waals surface area contributed by atoms with Gasteiger partial charge in [-0.2, -0.15) is 11.8 Å². The number of ether oxygens (including phenoxy) is 1. The van der Waals surface area contributed by atoms with Crippen LogP contribution in [0.4, 0.5) is 0 Å². The van der Waals surface area contributed by atoms with Crippen molar-refractivity contribution in [2.24, 2.45) is 0 Å². The first-order valence-corrected chi connectivity index (χ1v) is 6.59. The van der Waals surface area contributed by atoms with Crippen LogP contribution in [0.25, 0.3) is 6.08 Å². The van der Waals surface area contributed by atoms with Gasteiger partial charge in [0.2, 0.25) is 0 Å². The van der Waals surface area contributed by atoms with Crippen molar-refractivity contribution in [3.05, 3.63) is 35.9 Å². The third kappa shape index (κ3) is 6.02. The zero-order chi connectivity index (χ0) is 12.5. The number of thioether (sulfide) groups is 1. The molecule has 0 bridgehead atoms. The fourth-order valence-corrected chi connectivity index (χ4v) is 1.73. The predicted octanol–water partition coefficient (Wildman–Crippen LogP) is 2.92. The SMILES string of the molecule is CCSCCOc1cccc(C=CC(=O)O)c1. The Kier molecular flexibility index (Phi) is 6.25. The molecule has 92 valence electrons. The van der Waals surface area contributed by atoms with Crippen molar-refractivity contribution in [1.82, 2.24) is 0 Å². The van der Waals surface area contributed by atoms with Gasteiger partial charge in [0.25, 0.3) is 0 Å². The first-order chi connectivity index (χ1) is 8.22. The molecule has 0 fully saturated rings. The Balaban J connectivity index is 2.50. The van der Waals surface area contributed by atoms with Crippen LogP contribution in [0, 0.1) is 0 Å². The van der Waals surface area contributed by atoms with E-state index < -0.39 is 5.97 Å². The van der Waals surface area contributed by atoms with Gasteiger partial charge in [0.15, 0.2) is 0 Å². The highest BCUT2D eigenvalue weighted by molar-refractivity contribution is 7.99. The van der Waals surface area contributed by atoms with Crippen molar-refractivity contribution < 1.29 is 14.6 Å².